The van der Waals surface area contributed by atoms with Crippen molar-refractivity contribution in [1.82, 2.24) is 20.3 Å². The highest BCUT2D eigenvalue weighted by molar-refractivity contribution is 5.96. The molecule has 3 aromatic rings. The lowest BCUT2D eigenvalue weighted by Gasteiger charge is -2.13. The maximum Gasteiger partial charge on any atom is 0.328 e. The highest BCUT2D eigenvalue weighted by atomic mass is 16.5. The monoisotopic (exact) mass is 392 g/mol. The number of anilines is 3. The van der Waals surface area contributed by atoms with Gasteiger partial charge in [0.25, 0.3) is 5.91 Å². The van der Waals surface area contributed by atoms with Crippen molar-refractivity contribution in [3.63, 3.8) is 0 Å². The predicted molar refractivity (Wildman–Crippen MR) is 107 cm³/mol. The lowest BCUT2D eigenvalue weighted by Crippen LogP contribution is -2.39. The molecule has 0 radical (unpaired) electrons. The molecule has 148 valence electrons. The zero-order valence-corrected chi connectivity index (χ0v) is 15.7. The Morgan fingerprint density at radius 3 is 2.34 bits per heavy atom. The van der Waals surface area contributed by atoms with Gasteiger partial charge < -0.3 is 21.1 Å². The lowest BCUT2D eigenvalue weighted by molar-refractivity contribution is -0.147. The Morgan fingerprint density at radius 2 is 1.66 bits per heavy atom. The quantitative estimate of drug-likeness (QED) is 0.521. The fraction of sp³-hybridized carbons (Fsp3) is 0.150. The third-order valence-corrected chi connectivity index (χ3v) is 3.81. The van der Waals surface area contributed by atoms with Gasteiger partial charge in [-0.1, -0.05) is 36.4 Å². The Kier molecular flexibility index (Phi) is 6.31. The maximum absolute atomic E-state index is 12.2. The molecule has 2 aromatic carbocycles. The van der Waals surface area contributed by atoms with Crippen LogP contribution in [0.25, 0.3) is 0 Å². The zero-order valence-electron chi connectivity index (χ0n) is 15.7. The molecule has 0 fully saturated rings. The van der Waals surface area contributed by atoms with Crippen LogP contribution in [0.2, 0.25) is 0 Å². The first-order chi connectivity index (χ1) is 14.0. The lowest BCUT2D eigenvalue weighted by atomic mass is 10.2. The van der Waals surface area contributed by atoms with Gasteiger partial charge in [-0.05, 0) is 31.2 Å². The van der Waals surface area contributed by atoms with Crippen LogP contribution in [-0.4, -0.2) is 32.9 Å². The van der Waals surface area contributed by atoms with Crippen molar-refractivity contribution in [2.45, 2.75) is 19.6 Å². The average Bonchev–Trinajstić information content (AvgIpc) is 2.73. The van der Waals surface area contributed by atoms with E-state index in [1.54, 1.807) is 30.3 Å². The first-order valence-electron chi connectivity index (χ1n) is 8.86. The fourth-order valence-electron chi connectivity index (χ4n) is 2.40. The van der Waals surface area contributed by atoms with E-state index in [0.29, 0.717) is 5.56 Å². The van der Waals surface area contributed by atoms with Gasteiger partial charge >= 0.3 is 5.97 Å². The Bertz CT molecular complexity index is 982. The Morgan fingerprint density at radius 1 is 1.00 bits per heavy atom. The van der Waals surface area contributed by atoms with E-state index in [4.69, 9.17) is 10.5 Å². The highest BCUT2D eigenvalue weighted by Gasteiger charge is 2.18. The molecule has 0 saturated carbocycles. The van der Waals surface area contributed by atoms with Crippen molar-refractivity contribution < 1.29 is 14.3 Å². The van der Waals surface area contributed by atoms with E-state index in [1.165, 1.54) is 6.92 Å². The molecule has 0 spiro atoms. The summed E-state index contributed by atoms with van der Waals surface area (Å²) in [5.74, 6) is -0.569. The molecule has 1 amide bonds. The summed E-state index contributed by atoms with van der Waals surface area (Å²) in [7, 11) is 0. The molecule has 9 heteroatoms. The summed E-state index contributed by atoms with van der Waals surface area (Å²) in [6, 6.07) is 17.0. The van der Waals surface area contributed by atoms with Crippen LogP contribution in [0.4, 0.5) is 17.6 Å². The number of rotatable bonds is 7. The summed E-state index contributed by atoms with van der Waals surface area (Å²) in [6.07, 6.45) is 0. The van der Waals surface area contributed by atoms with Crippen molar-refractivity contribution in [3.8, 4) is 0 Å². The van der Waals surface area contributed by atoms with Crippen LogP contribution >= 0.6 is 0 Å². The fourth-order valence-corrected chi connectivity index (χ4v) is 2.40. The van der Waals surface area contributed by atoms with Gasteiger partial charge in [0, 0.05) is 11.3 Å². The van der Waals surface area contributed by atoms with Crippen LogP contribution in [0, 0.1) is 0 Å². The van der Waals surface area contributed by atoms with Crippen LogP contribution in [0.15, 0.2) is 60.7 Å². The number of nitrogens with zero attached hydrogens (tertiary/aromatic N) is 3. The van der Waals surface area contributed by atoms with Crippen molar-refractivity contribution in [2.75, 3.05) is 11.1 Å². The second-order valence-corrected chi connectivity index (χ2v) is 6.09. The molecule has 1 atom stereocenters. The third kappa shape index (κ3) is 5.73. The van der Waals surface area contributed by atoms with Gasteiger partial charge in [0.1, 0.15) is 6.04 Å². The molecule has 0 aliphatic carbocycles. The molecular formula is C20H20N6O3. The molecule has 0 bridgehead atoms. The number of ether oxygens (including phenoxy) is 1. The zero-order chi connectivity index (χ0) is 20.6. The van der Waals surface area contributed by atoms with Crippen LogP contribution in [0.5, 0.6) is 0 Å². The minimum atomic E-state index is -0.844. The molecule has 9 nitrogen and oxygen atoms in total. The third-order valence-electron chi connectivity index (χ3n) is 3.81. The molecule has 0 aliphatic heterocycles. The number of carbonyl (C=O) groups is 2. The van der Waals surface area contributed by atoms with E-state index in [0.717, 1.165) is 5.69 Å². The molecule has 29 heavy (non-hydrogen) atoms. The Labute approximate surface area is 167 Å². The highest BCUT2D eigenvalue weighted by Crippen LogP contribution is 2.13. The SMILES string of the molecule is C[C@@H](NC(=O)c1ccccc1)C(=O)OCc1nc(N)nc(Nc2ccccc2)n1. The van der Waals surface area contributed by atoms with Gasteiger partial charge in [-0.15, -0.1) is 0 Å². The number of para-hydroxylation sites is 1. The normalized spacial score (nSPS) is 11.3. The second-order valence-electron chi connectivity index (χ2n) is 6.09. The van der Waals surface area contributed by atoms with Crippen molar-refractivity contribution >= 4 is 29.5 Å². The summed E-state index contributed by atoms with van der Waals surface area (Å²) in [5.41, 5.74) is 6.94. The second kappa shape index (κ2) is 9.27. The number of esters is 1. The van der Waals surface area contributed by atoms with Gasteiger partial charge in [-0.2, -0.15) is 15.0 Å². The van der Waals surface area contributed by atoms with E-state index >= 15 is 0 Å². The smallest absolute Gasteiger partial charge is 0.328 e. The molecule has 1 heterocycles. The van der Waals surface area contributed by atoms with Gasteiger partial charge in [0.15, 0.2) is 12.4 Å². The number of amides is 1. The molecule has 4 N–H and O–H groups in total. The number of nitrogen functional groups attached to an aromatic ring is 1. The molecule has 0 aliphatic rings. The number of hydrogen-bond donors (Lipinski definition) is 3. The topological polar surface area (TPSA) is 132 Å². The minimum Gasteiger partial charge on any atom is -0.456 e. The summed E-state index contributed by atoms with van der Waals surface area (Å²) in [5, 5.41) is 5.58. The van der Waals surface area contributed by atoms with Crippen molar-refractivity contribution in [3.05, 3.63) is 72.1 Å². The van der Waals surface area contributed by atoms with E-state index in [1.807, 2.05) is 30.3 Å². The average molecular weight is 392 g/mol. The van der Waals surface area contributed by atoms with Crippen molar-refractivity contribution in [2.24, 2.45) is 0 Å². The molecule has 0 unspecified atom stereocenters. The van der Waals surface area contributed by atoms with E-state index in [2.05, 4.69) is 25.6 Å². The van der Waals surface area contributed by atoms with E-state index in [-0.39, 0.29) is 30.2 Å². The number of hydrogen-bond acceptors (Lipinski definition) is 8. The first-order valence-corrected chi connectivity index (χ1v) is 8.86. The number of nitrogens with two attached hydrogens (primary N) is 1. The van der Waals surface area contributed by atoms with Crippen LogP contribution < -0.4 is 16.4 Å². The largest absolute Gasteiger partial charge is 0.456 e. The minimum absolute atomic E-state index is 0.00471. The number of aromatic nitrogens is 3. The van der Waals surface area contributed by atoms with E-state index in [9.17, 15) is 9.59 Å². The van der Waals surface area contributed by atoms with Crippen molar-refractivity contribution in [1.29, 1.82) is 0 Å². The van der Waals surface area contributed by atoms with Gasteiger partial charge in [-0.3, -0.25) is 4.79 Å². The summed E-state index contributed by atoms with van der Waals surface area (Å²) in [4.78, 5) is 36.5. The maximum atomic E-state index is 12.2. The van der Waals surface area contributed by atoms with Crippen LogP contribution in [0.1, 0.15) is 23.1 Å². The summed E-state index contributed by atoms with van der Waals surface area (Å²) >= 11 is 0. The standard InChI is InChI=1S/C20H20N6O3/c1-13(22-17(27)14-8-4-2-5-9-14)18(28)29-12-16-24-19(21)26-20(25-16)23-15-10-6-3-7-11-15/h2-11,13H,12H2,1H3,(H,22,27)(H3,21,23,24,25,26)/t13-/m1/s1. The Balaban J connectivity index is 1.57. The van der Waals surface area contributed by atoms with Crippen LogP contribution in [-0.2, 0) is 16.1 Å². The molecule has 3 rings (SSSR count). The van der Waals surface area contributed by atoms with Gasteiger partial charge in [-0.25, -0.2) is 4.79 Å². The molecular weight excluding hydrogens is 372 g/mol. The van der Waals surface area contributed by atoms with Crippen LogP contribution in [0.3, 0.4) is 0 Å². The number of carbonyl (C=O) groups excluding carboxylic acids is 2. The first kappa shape index (κ1) is 19.7. The number of benzene rings is 2. The summed E-state index contributed by atoms with van der Waals surface area (Å²) in [6.45, 7) is 1.33. The molecule has 0 saturated heterocycles. The van der Waals surface area contributed by atoms with Gasteiger partial charge in [0.2, 0.25) is 11.9 Å². The van der Waals surface area contributed by atoms with E-state index < -0.39 is 12.0 Å². The number of nitrogens with one attached hydrogen (secondary N) is 2. The Hall–Kier alpha value is -4.01. The predicted octanol–water partition coefficient (Wildman–Crippen LogP) is 2.06. The molecule has 1 aromatic heterocycles. The van der Waals surface area contributed by atoms with Gasteiger partial charge in [0.05, 0.1) is 0 Å². The summed E-state index contributed by atoms with van der Waals surface area (Å²) < 4.78 is 5.20.